The Kier molecular flexibility index (Phi) is 5.85. The third-order valence-corrected chi connectivity index (χ3v) is 6.22. The SMILES string of the molecule is Cc1nnc(CCC(=O)N2CCN(S(=O)(=O)Cc3ccc(F)cc3)CC2)o1. The number of aryl methyl sites for hydroxylation is 2. The van der Waals surface area contributed by atoms with Crippen LogP contribution in [0.3, 0.4) is 0 Å². The van der Waals surface area contributed by atoms with Crippen LogP contribution in [-0.2, 0) is 27.0 Å². The molecule has 8 nitrogen and oxygen atoms in total. The molecule has 1 aliphatic rings. The normalized spacial score (nSPS) is 15.9. The van der Waals surface area contributed by atoms with Crippen LogP contribution >= 0.6 is 0 Å². The molecular weight excluding hydrogens is 375 g/mol. The fraction of sp³-hybridized carbons (Fsp3) is 0.471. The van der Waals surface area contributed by atoms with E-state index < -0.39 is 15.8 Å². The molecule has 2 heterocycles. The van der Waals surface area contributed by atoms with E-state index in [-0.39, 0.29) is 31.2 Å². The molecule has 27 heavy (non-hydrogen) atoms. The summed E-state index contributed by atoms with van der Waals surface area (Å²) in [5.74, 6) is 0.219. The lowest BCUT2D eigenvalue weighted by atomic mass is 10.2. The van der Waals surface area contributed by atoms with E-state index in [9.17, 15) is 17.6 Å². The molecular formula is C17H21FN4O4S. The van der Waals surface area contributed by atoms with Crippen molar-refractivity contribution < 1.29 is 22.0 Å². The van der Waals surface area contributed by atoms with E-state index in [0.717, 1.165) is 0 Å². The molecule has 1 aromatic carbocycles. The third kappa shape index (κ3) is 5.10. The number of carbonyl (C=O) groups is 1. The Hall–Kier alpha value is -2.33. The first-order valence-corrected chi connectivity index (χ1v) is 10.2. The molecule has 0 saturated carbocycles. The third-order valence-electron chi connectivity index (χ3n) is 4.37. The van der Waals surface area contributed by atoms with Crippen molar-refractivity contribution in [2.24, 2.45) is 0 Å². The van der Waals surface area contributed by atoms with Crippen LogP contribution < -0.4 is 0 Å². The zero-order chi connectivity index (χ0) is 19.4. The number of hydrogen-bond acceptors (Lipinski definition) is 6. The molecule has 1 aliphatic heterocycles. The first-order valence-electron chi connectivity index (χ1n) is 8.62. The number of nitrogens with zero attached hydrogens (tertiary/aromatic N) is 4. The summed E-state index contributed by atoms with van der Waals surface area (Å²) >= 11 is 0. The van der Waals surface area contributed by atoms with Gasteiger partial charge in [0.05, 0.1) is 5.75 Å². The maximum absolute atomic E-state index is 13.0. The molecule has 0 bridgehead atoms. The highest BCUT2D eigenvalue weighted by molar-refractivity contribution is 7.88. The second-order valence-corrected chi connectivity index (χ2v) is 8.35. The summed E-state index contributed by atoms with van der Waals surface area (Å²) in [6, 6.07) is 5.41. The maximum Gasteiger partial charge on any atom is 0.223 e. The van der Waals surface area contributed by atoms with Gasteiger partial charge in [-0.15, -0.1) is 10.2 Å². The number of benzene rings is 1. The molecule has 0 radical (unpaired) electrons. The first kappa shape index (κ1) is 19.4. The molecule has 0 aliphatic carbocycles. The van der Waals surface area contributed by atoms with Gasteiger partial charge in [-0.3, -0.25) is 4.79 Å². The molecule has 0 N–H and O–H groups in total. The largest absolute Gasteiger partial charge is 0.426 e. The number of aromatic nitrogens is 2. The zero-order valence-corrected chi connectivity index (χ0v) is 15.8. The van der Waals surface area contributed by atoms with Crippen molar-refractivity contribution in [1.29, 1.82) is 0 Å². The van der Waals surface area contributed by atoms with Crippen LogP contribution in [0.1, 0.15) is 23.8 Å². The molecule has 1 amide bonds. The Balaban J connectivity index is 1.49. The Labute approximate surface area is 157 Å². The number of piperazine rings is 1. The molecule has 0 atom stereocenters. The fourth-order valence-electron chi connectivity index (χ4n) is 2.91. The second kappa shape index (κ2) is 8.13. The number of hydrogen-bond donors (Lipinski definition) is 0. The maximum atomic E-state index is 13.0. The highest BCUT2D eigenvalue weighted by Gasteiger charge is 2.29. The Morgan fingerprint density at radius 1 is 1.15 bits per heavy atom. The van der Waals surface area contributed by atoms with Gasteiger partial charge in [-0.1, -0.05) is 12.1 Å². The van der Waals surface area contributed by atoms with Crippen molar-refractivity contribution in [2.75, 3.05) is 26.2 Å². The summed E-state index contributed by atoms with van der Waals surface area (Å²) in [5.41, 5.74) is 0.532. The fourth-order valence-corrected chi connectivity index (χ4v) is 4.42. The quantitative estimate of drug-likeness (QED) is 0.726. The average molecular weight is 396 g/mol. The number of halogens is 1. The summed E-state index contributed by atoms with van der Waals surface area (Å²) in [6.07, 6.45) is 0.604. The van der Waals surface area contributed by atoms with Gasteiger partial charge in [0.1, 0.15) is 5.82 Å². The van der Waals surface area contributed by atoms with Crippen molar-refractivity contribution >= 4 is 15.9 Å². The predicted molar refractivity (Wildman–Crippen MR) is 94.5 cm³/mol. The van der Waals surface area contributed by atoms with Crippen molar-refractivity contribution in [3.63, 3.8) is 0 Å². The van der Waals surface area contributed by atoms with Crippen LogP contribution in [-0.4, -0.2) is 59.9 Å². The lowest BCUT2D eigenvalue weighted by Gasteiger charge is -2.34. The van der Waals surface area contributed by atoms with Gasteiger partial charge in [-0.05, 0) is 17.7 Å². The van der Waals surface area contributed by atoms with Gasteiger partial charge < -0.3 is 9.32 Å². The van der Waals surface area contributed by atoms with Gasteiger partial charge in [-0.2, -0.15) is 4.31 Å². The van der Waals surface area contributed by atoms with Gasteiger partial charge in [-0.25, -0.2) is 12.8 Å². The van der Waals surface area contributed by atoms with E-state index in [4.69, 9.17) is 4.42 Å². The Morgan fingerprint density at radius 2 is 1.81 bits per heavy atom. The van der Waals surface area contributed by atoms with Crippen LogP contribution in [0.25, 0.3) is 0 Å². The van der Waals surface area contributed by atoms with E-state index >= 15 is 0 Å². The number of carbonyl (C=O) groups excluding carboxylic acids is 1. The van der Waals surface area contributed by atoms with Crippen LogP contribution in [0.4, 0.5) is 4.39 Å². The van der Waals surface area contributed by atoms with Crippen molar-refractivity contribution in [3.8, 4) is 0 Å². The minimum Gasteiger partial charge on any atom is -0.426 e. The van der Waals surface area contributed by atoms with Crippen LogP contribution in [0, 0.1) is 12.7 Å². The van der Waals surface area contributed by atoms with Gasteiger partial charge in [0, 0.05) is 45.9 Å². The number of amides is 1. The minimum atomic E-state index is -3.51. The van der Waals surface area contributed by atoms with Crippen LogP contribution in [0.15, 0.2) is 28.7 Å². The summed E-state index contributed by atoms with van der Waals surface area (Å²) < 4.78 is 44.6. The lowest BCUT2D eigenvalue weighted by molar-refractivity contribution is -0.132. The number of sulfonamides is 1. The first-order chi connectivity index (χ1) is 12.8. The van der Waals surface area contributed by atoms with E-state index in [1.54, 1.807) is 11.8 Å². The average Bonchev–Trinajstić information content (AvgIpc) is 3.07. The molecule has 146 valence electrons. The summed E-state index contributed by atoms with van der Waals surface area (Å²) in [4.78, 5) is 13.9. The molecule has 2 aromatic rings. The number of rotatable bonds is 6. The van der Waals surface area contributed by atoms with Gasteiger partial charge in [0.15, 0.2) is 0 Å². The van der Waals surface area contributed by atoms with Crippen LogP contribution in [0.5, 0.6) is 0 Å². The molecule has 10 heteroatoms. The topological polar surface area (TPSA) is 96.6 Å². The van der Waals surface area contributed by atoms with Gasteiger partial charge >= 0.3 is 0 Å². The van der Waals surface area contributed by atoms with Gasteiger partial charge in [0.25, 0.3) is 0 Å². The standard InChI is InChI=1S/C17H21FN4O4S/c1-13-19-20-16(26-13)6-7-17(23)21-8-10-22(11-9-21)27(24,25)12-14-2-4-15(18)5-3-14/h2-5H,6-12H2,1H3. The minimum absolute atomic E-state index is 0.0681. The summed E-state index contributed by atoms with van der Waals surface area (Å²) in [6.45, 7) is 2.85. The van der Waals surface area contributed by atoms with Gasteiger partial charge in [0.2, 0.25) is 27.7 Å². The summed E-state index contributed by atoms with van der Waals surface area (Å²) in [7, 11) is -3.51. The molecule has 3 rings (SSSR count). The monoisotopic (exact) mass is 396 g/mol. The lowest BCUT2D eigenvalue weighted by Crippen LogP contribution is -2.50. The van der Waals surface area contributed by atoms with Crippen molar-refractivity contribution in [1.82, 2.24) is 19.4 Å². The zero-order valence-electron chi connectivity index (χ0n) is 15.0. The molecule has 0 spiro atoms. The molecule has 0 unspecified atom stereocenters. The predicted octanol–water partition coefficient (Wildman–Crippen LogP) is 1.12. The van der Waals surface area contributed by atoms with E-state index in [1.807, 2.05) is 0 Å². The molecule has 1 aromatic heterocycles. The highest BCUT2D eigenvalue weighted by Crippen LogP contribution is 2.15. The smallest absolute Gasteiger partial charge is 0.223 e. The van der Waals surface area contributed by atoms with Crippen LogP contribution in [0.2, 0.25) is 0 Å². The van der Waals surface area contributed by atoms with Crippen molar-refractivity contribution in [2.45, 2.75) is 25.5 Å². The van der Waals surface area contributed by atoms with E-state index in [0.29, 0.717) is 36.9 Å². The van der Waals surface area contributed by atoms with E-state index in [1.165, 1.54) is 28.6 Å². The second-order valence-electron chi connectivity index (χ2n) is 6.38. The summed E-state index contributed by atoms with van der Waals surface area (Å²) in [5, 5.41) is 7.57. The highest BCUT2D eigenvalue weighted by atomic mass is 32.2. The van der Waals surface area contributed by atoms with E-state index in [2.05, 4.69) is 10.2 Å². The Bertz CT molecular complexity index is 890. The van der Waals surface area contributed by atoms with Crippen molar-refractivity contribution in [3.05, 3.63) is 47.4 Å². The molecule has 1 saturated heterocycles. The molecule has 1 fully saturated rings. The Morgan fingerprint density at radius 3 is 2.41 bits per heavy atom.